The molecule has 1 aromatic rings. The summed E-state index contributed by atoms with van der Waals surface area (Å²) in [5, 5.41) is 3.17. The summed E-state index contributed by atoms with van der Waals surface area (Å²) in [6.45, 7) is 4.85. The highest BCUT2D eigenvalue weighted by molar-refractivity contribution is 5.93. The van der Waals surface area contributed by atoms with Crippen LogP contribution in [0.4, 0.5) is 11.4 Å². The average Bonchev–Trinajstić information content (AvgIpc) is 3.10. The Morgan fingerprint density at radius 3 is 2.45 bits per heavy atom. The van der Waals surface area contributed by atoms with Crippen LogP contribution in [-0.2, 0) is 9.59 Å². The van der Waals surface area contributed by atoms with Gasteiger partial charge in [0.25, 0.3) is 0 Å². The number of carbonyl (C=O) groups is 2. The lowest BCUT2D eigenvalue weighted by molar-refractivity contribution is -0.159. The van der Waals surface area contributed by atoms with E-state index in [1.165, 1.54) is 12.8 Å². The van der Waals surface area contributed by atoms with Crippen molar-refractivity contribution < 1.29 is 9.59 Å². The molecule has 3 N–H and O–H groups in total. The number of hydrogen-bond donors (Lipinski definition) is 2. The highest BCUT2D eigenvalue weighted by atomic mass is 16.2. The van der Waals surface area contributed by atoms with Crippen LogP contribution in [0.3, 0.4) is 0 Å². The minimum Gasteiger partial charge on any atom is -0.399 e. The van der Waals surface area contributed by atoms with E-state index in [9.17, 15) is 9.59 Å². The second-order valence-electron chi connectivity index (χ2n) is 11.3. The number of piperidine rings is 1. The first-order chi connectivity index (χ1) is 14.7. The molecule has 4 aliphatic rings. The molecule has 31 heavy (non-hydrogen) atoms. The Morgan fingerprint density at radius 2 is 1.71 bits per heavy atom. The van der Waals surface area contributed by atoms with Gasteiger partial charge >= 0.3 is 0 Å². The van der Waals surface area contributed by atoms with E-state index in [1.54, 1.807) is 0 Å². The molecule has 1 heterocycles. The molecule has 5 heteroatoms. The fourth-order valence-corrected chi connectivity index (χ4v) is 8.38. The van der Waals surface area contributed by atoms with Crippen LogP contribution in [0.15, 0.2) is 24.3 Å². The molecule has 5 nitrogen and oxygen atoms in total. The van der Waals surface area contributed by atoms with E-state index < -0.39 is 0 Å². The molecule has 3 aliphatic carbocycles. The Morgan fingerprint density at radius 1 is 1.00 bits per heavy atom. The molecule has 0 spiro atoms. The fraction of sp³-hybridized carbons (Fsp3) is 0.692. The van der Waals surface area contributed by atoms with Crippen molar-refractivity contribution in [1.82, 2.24) is 4.90 Å². The van der Waals surface area contributed by atoms with Crippen molar-refractivity contribution in [2.24, 2.45) is 34.5 Å². The van der Waals surface area contributed by atoms with Gasteiger partial charge in [0, 0.05) is 36.8 Å². The number of nitrogens with zero attached hydrogens (tertiary/aromatic N) is 1. The van der Waals surface area contributed by atoms with Gasteiger partial charge in [-0.25, -0.2) is 0 Å². The highest BCUT2D eigenvalue weighted by Crippen LogP contribution is 2.66. The number of hydrogen-bond acceptors (Lipinski definition) is 3. The van der Waals surface area contributed by atoms with Gasteiger partial charge in [-0.05, 0) is 97.8 Å². The van der Waals surface area contributed by atoms with Gasteiger partial charge in [0.05, 0.1) is 0 Å². The number of rotatable bonds is 2. The monoisotopic (exact) mass is 423 g/mol. The van der Waals surface area contributed by atoms with Crippen molar-refractivity contribution in [2.45, 2.75) is 71.3 Å². The van der Waals surface area contributed by atoms with Crippen molar-refractivity contribution in [3.05, 3.63) is 24.3 Å². The summed E-state index contributed by atoms with van der Waals surface area (Å²) in [4.78, 5) is 27.7. The first-order valence-corrected chi connectivity index (χ1v) is 12.2. The number of likely N-dealkylation sites (tertiary alicyclic amines) is 1. The zero-order valence-corrected chi connectivity index (χ0v) is 19.2. The van der Waals surface area contributed by atoms with E-state index in [0.29, 0.717) is 41.8 Å². The zero-order chi connectivity index (χ0) is 22.0. The summed E-state index contributed by atoms with van der Waals surface area (Å²) in [5.74, 6) is 2.57. The number of nitrogen functional groups attached to an aromatic ring is 1. The normalized spacial score (nSPS) is 41.8. The van der Waals surface area contributed by atoms with Crippen LogP contribution >= 0.6 is 0 Å². The van der Waals surface area contributed by atoms with Crippen LogP contribution in [-0.4, -0.2) is 29.8 Å². The number of amides is 2. The summed E-state index contributed by atoms with van der Waals surface area (Å²) < 4.78 is 0. The maximum atomic E-state index is 13.3. The fourth-order valence-electron chi connectivity index (χ4n) is 8.38. The molecule has 4 fully saturated rings. The highest BCUT2D eigenvalue weighted by Gasteiger charge is 2.62. The quantitative estimate of drug-likeness (QED) is 0.678. The summed E-state index contributed by atoms with van der Waals surface area (Å²) in [5.41, 5.74) is 7.65. The van der Waals surface area contributed by atoms with Gasteiger partial charge in [0.1, 0.15) is 0 Å². The van der Waals surface area contributed by atoms with Crippen LogP contribution in [0.25, 0.3) is 0 Å². The van der Waals surface area contributed by atoms with Crippen molar-refractivity contribution in [2.75, 3.05) is 18.1 Å². The van der Waals surface area contributed by atoms with Crippen molar-refractivity contribution in [3.63, 3.8) is 0 Å². The molecule has 1 aliphatic heterocycles. The third kappa shape index (κ3) is 3.10. The number of benzene rings is 1. The topological polar surface area (TPSA) is 75.4 Å². The minimum atomic E-state index is 0.0807. The van der Waals surface area contributed by atoms with Gasteiger partial charge < -0.3 is 16.0 Å². The lowest BCUT2D eigenvalue weighted by Crippen LogP contribution is -2.61. The summed E-state index contributed by atoms with van der Waals surface area (Å²) >= 11 is 0. The maximum Gasteiger partial charge on any atom is 0.228 e. The van der Waals surface area contributed by atoms with Crippen LogP contribution in [0.5, 0.6) is 0 Å². The Balaban J connectivity index is 1.35. The molecular weight excluding hydrogens is 386 g/mol. The van der Waals surface area contributed by atoms with Crippen molar-refractivity contribution >= 4 is 23.2 Å². The van der Waals surface area contributed by atoms with E-state index >= 15 is 0 Å². The minimum absolute atomic E-state index is 0.0807. The van der Waals surface area contributed by atoms with Crippen molar-refractivity contribution in [1.29, 1.82) is 0 Å². The Labute approximate surface area is 186 Å². The first kappa shape index (κ1) is 20.8. The summed E-state index contributed by atoms with van der Waals surface area (Å²) in [7, 11) is 2.02. The number of nitrogens with two attached hydrogens (primary N) is 1. The molecule has 2 unspecified atom stereocenters. The first-order valence-electron chi connectivity index (χ1n) is 12.2. The summed E-state index contributed by atoms with van der Waals surface area (Å²) in [6.07, 6.45) is 8.52. The molecule has 168 valence electrons. The molecule has 0 bridgehead atoms. The Hall–Kier alpha value is -2.04. The molecule has 5 rings (SSSR count). The molecular formula is C26H37N3O2. The van der Waals surface area contributed by atoms with E-state index in [4.69, 9.17) is 5.73 Å². The van der Waals surface area contributed by atoms with Crippen LogP contribution in [0, 0.1) is 34.5 Å². The second-order valence-corrected chi connectivity index (χ2v) is 11.3. The largest absolute Gasteiger partial charge is 0.399 e. The molecule has 7 atom stereocenters. The SMILES string of the molecule is CN1C(=O)CC[C@@]2(C)C1CC[C@@H]1[C@H]2CC[C@]2(C)C(C(=O)Nc3ccc(N)cc3)CC[C@@H]12. The average molecular weight is 424 g/mol. The van der Waals surface area contributed by atoms with E-state index in [1.807, 2.05) is 31.3 Å². The van der Waals surface area contributed by atoms with Crippen LogP contribution < -0.4 is 11.1 Å². The van der Waals surface area contributed by atoms with Gasteiger partial charge in [-0.15, -0.1) is 0 Å². The van der Waals surface area contributed by atoms with Gasteiger partial charge in [0.15, 0.2) is 0 Å². The lowest BCUT2D eigenvalue weighted by Gasteiger charge is -2.61. The van der Waals surface area contributed by atoms with E-state index in [0.717, 1.165) is 37.8 Å². The standard InChI is InChI=1S/C26H37N3O2/c1-25-14-12-20-18(8-11-22-26(20,2)15-13-23(30)29(22)3)19(25)9-10-21(25)24(31)28-17-6-4-16(27)5-7-17/h4-7,18-22H,8-15,27H2,1-3H3,(H,28,31)/t18-,19-,20+,21?,22?,25-,26+/m0/s1. The lowest BCUT2D eigenvalue weighted by atomic mass is 9.47. The summed E-state index contributed by atoms with van der Waals surface area (Å²) in [6, 6.07) is 7.85. The third-order valence-corrected chi connectivity index (χ3v) is 10.1. The zero-order valence-electron chi connectivity index (χ0n) is 19.2. The van der Waals surface area contributed by atoms with Gasteiger partial charge in [0.2, 0.25) is 11.8 Å². The number of fused-ring (bicyclic) bond motifs is 5. The molecule has 0 radical (unpaired) electrons. The second kappa shape index (κ2) is 7.25. The van der Waals surface area contributed by atoms with Gasteiger partial charge in [-0.2, -0.15) is 0 Å². The smallest absolute Gasteiger partial charge is 0.228 e. The molecule has 3 saturated carbocycles. The van der Waals surface area contributed by atoms with Gasteiger partial charge in [-0.1, -0.05) is 13.8 Å². The Bertz CT molecular complexity index is 883. The number of anilines is 2. The number of carbonyl (C=O) groups excluding carboxylic acids is 2. The van der Waals surface area contributed by atoms with E-state index in [-0.39, 0.29) is 22.7 Å². The number of nitrogens with one attached hydrogen (secondary N) is 1. The van der Waals surface area contributed by atoms with Crippen LogP contribution in [0.1, 0.15) is 65.2 Å². The molecule has 1 saturated heterocycles. The van der Waals surface area contributed by atoms with Crippen LogP contribution in [0.2, 0.25) is 0 Å². The van der Waals surface area contributed by atoms with Crippen molar-refractivity contribution in [3.8, 4) is 0 Å². The van der Waals surface area contributed by atoms with E-state index in [2.05, 4.69) is 24.1 Å². The van der Waals surface area contributed by atoms with Gasteiger partial charge in [-0.3, -0.25) is 9.59 Å². The molecule has 2 amide bonds. The molecule has 1 aromatic carbocycles. The third-order valence-electron chi connectivity index (χ3n) is 10.1. The maximum absolute atomic E-state index is 13.3. The predicted octanol–water partition coefficient (Wildman–Crippen LogP) is 4.69. The predicted molar refractivity (Wildman–Crippen MR) is 123 cm³/mol. The Kier molecular flexibility index (Phi) is 4.87. The molecule has 0 aromatic heterocycles.